The predicted molar refractivity (Wildman–Crippen MR) is 118 cm³/mol. The molecule has 1 atom stereocenters. The molecular weight excluding hydrogens is 391 g/mol. The minimum Gasteiger partial charge on any atom is -0.355 e. The van der Waals surface area contributed by atoms with E-state index in [0.29, 0.717) is 17.9 Å². The Morgan fingerprint density at radius 1 is 1.00 bits per heavy atom. The molecule has 5 rings (SSSR count). The summed E-state index contributed by atoms with van der Waals surface area (Å²) in [6, 6.07) is 22.0. The minimum atomic E-state index is -0.235. The molecule has 0 bridgehead atoms. The van der Waals surface area contributed by atoms with Crippen LogP contribution in [0.2, 0.25) is 0 Å². The molecule has 4 nitrogen and oxygen atoms in total. The van der Waals surface area contributed by atoms with Gasteiger partial charge in [0.1, 0.15) is 11.3 Å². The predicted octanol–water partition coefficient (Wildman–Crippen LogP) is 6.04. The molecule has 1 aromatic heterocycles. The second-order valence-corrected chi connectivity index (χ2v) is 8.11. The smallest absolute Gasteiger partial charge is 0.253 e. The summed E-state index contributed by atoms with van der Waals surface area (Å²) < 4.78 is 18.9. The van der Waals surface area contributed by atoms with E-state index in [4.69, 9.17) is 4.52 Å². The summed E-state index contributed by atoms with van der Waals surface area (Å²) in [6.07, 6.45) is 3.02. The van der Waals surface area contributed by atoms with Gasteiger partial charge in [0.2, 0.25) is 0 Å². The number of amides is 1. The molecule has 2 heterocycles. The van der Waals surface area contributed by atoms with Crippen LogP contribution in [-0.2, 0) is 0 Å². The quantitative estimate of drug-likeness (QED) is 0.410. The largest absolute Gasteiger partial charge is 0.355 e. The van der Waals surface area contributed by atoms with Gasteiger partial charge < -0.3 is 9.42 Å². The van der Waals surface area contributed by atoms with E-state index in [0.717, 1.165) is 47.8 Å². The fourth-order valence-electron chi connectivity index (χ4n) is 4.39. The molecule has 3 aromatic carbocycles. The van der Waals surface area contributed by atoms with Crippen molar-refractivity contribution in [3.63, 3.8) is 0 Å². The van der Waals surface area contributed by atoms with Crippen LogP contribution in [-0.4, -0.2) is 29.1 Å². The highest BCUT2D eigenvalue weighted by molar-refractivity contribution is 6.01. The Balaban J connectivity index is 1.44. The fraction of sp³-hybridized carbons (Fsp3) is 0.231. The van der Waals surface area contributed by atoms with Crippen molar-refractivity contribution < 1.29 is 13.7 Å². The molecule has 1 aliphatic heterocycles. The first-order valence-electron chi connectivity index (χ1n) is 10.7. The topological polar surface area (TPSA) is 46.3 Å². The van der Waals surface area contributed by atoms with Crippen LogP contribution in [0.3, 0.4) is 0 Å². The molecule has 0 N–H and O–H groups in total. The number of hydrogen-bond acceptors (Lipinski definition) is 3. The Hall–Kier alpha value is -3.47. The average molecular weight is 414 g/mol. The Labute approximate surface area is 180 Å². The van der Waals surface area contributed by atoms with Crippen LogP contribution < -0.4 is 0 Å². The van der Waals surface area contributed by atoms with Gasteiger partial charge in [-0.05, 0) is 48.7 Å². The van der Waals surface area contributed by atoms with Crippen molar-refractivity contribution in [1.29, 1.82) is 0 Å². The molecule has 0 aliphatic carbocycles. The number of nitrogens with zero attached hydrogens (tertiary/aromatic N) is 2. The Bertz CT molecular complexity index is 1200. The lowest BCUT2D eigenvalue weighted by Gasteiger charge is -2.25. The molecule has 1 amide bonds. The van der Waals surface area contributed by atoms with Gasteiger partial charge in [0, 0.05) is 30.1 Å². The number of fused-ring (bicyclic) bond motifs is 1. The van der Waals surface area contributed by atoms with Crippen LogP contribution in [0, 0.1) is 5.82 Å². The zero-order chi connectivity index (χ0) is 21.2. The Morgan fingerprint density at radius 3 is 2.61 bits per heavy atom. The van der Waals surface area contributed by atoms with Gasteiger partial charge in [-0.3, -0.25) is 4.79 Å². The first-order chi connectivity index (χ1) is 15.2. The summed E-state index contributed by atoms with van der Waals surface area (Å²) in [5.41, 5.74) is 3.38. The summed E-state index contributed by atoms with van der Waals surface area (Å²) in [5.74, 6) is 0.661. The number of rotatable bonds is 3. The van der Waals surface area contributed by atoms with Gasteiger partial charge in [0.25, 0.3) is 5.91 Å². The number of carbonyl (C=O) groups excluding carboxylic acids is 1. The summed E-state index contributed by atoms with van der Waals surface area (Å²) >= 11 is 0. The molecule has 156 valence electrons. The number of carbonyl (C=O) groups is 1. The van der Waals surface area contributed by atoms with E-state index in [1.54, 1.807) is 0 Å². The maximum Gasteiger partial charge on any atom is 0.253 e. The third kappa shape index (κ3) is 3.96. The first-order valence-corrected chi connectivity index (χ1v) is 10.7. The fourth-order valence-corrected chi connectivity index (χ4v) is 4.39. The normalized spacial score (nSPS) is 16.9. The van der Waals surface area contributed by atoms with Gasteiger partial charge in [-0.25, -0.2) is 4.39 Å². The number of hydrogen-bond donors (Lipinski definition) is 0. The third-order valence-electron chi connectivity index (χ3n) is 6.06. The van der Waals surface area contributed by atoms with Crippen LogP contribution in [0.5, 0.6) is 0 Å². The van der Waals surface area contributed by atoms with E-state index in [1.807, 2.05) is 65.6 Å². The molecule has 4 aromatic rings. The van der Waals surface area contributed by atoms with Crippen LogP contribution in [0.1, 0.15) is 41.1 Å². The molecule has 1 aliphatic rings. The number of likely N-dealkylation sites (tertiary alicyclic amines) is 1. The van der Waals surface area contributed by atoms with E-state index < -0.39 is 0 Å². The van der Waals surface area contributed by atoms with Crippen molar-refractivity contribution in [2.24, 2.45) is 0 Å². The highest BCUT2D eigenvalue weighted by atomic mass is 19.1. The van der Waals surface area contributed by atoms with Crippen LogP contribution in [0.15, 0.2) is 77.3 Å². The van der Waals surface area contributed by atoms with Crippen molar-refractivity contribution in [1.82, 2.24) is 10.1 Å². The van der Waals surface area contributed by atoms with E-state index in [9.17, 15) is 9.18 Å². The molecule has 0 saturated carbocycles. The zero-order valence-electron chi connectivity index (χ0n) is 17.1. The minimum absolute atomic E-state index is 0.0103. The third-order valence-corrected chi connectivity index (χ3v) is 6.06. The highest BCUT2D eigenvalue weighted by Crippen LogP contribution is 2.31. The summed E-state index contributed by atoms with van der Waals surface area (Å²) in [7, 11) is 0. The maximum atomic E-state index is 13.4. The second-order valence-electron chi connectivity index (χ2n) is 8.11. The number of aromatic nitrogens is 1. The van der Waals surface area contributed by atoms with Gasteiger partial charge >= 0.3 is 0 Å². The van der Waals surface area contributed by atoms with Crippen molar-refractivity contribution in [2.75, 3.05) is 13.1 Å². The lowest BCUT2D eigenvalue weighted by atomic mass is 9.94. The van der Waals surface area contributed by atoms with Gasteiger partial charge in [-0.1, -0.05) is 54.0 Å². The van der Waals surface area contributed by atoms with Gasteiger partial charge in [0.15, 0.2) is 5.76 Å². The molecule has 1 unspecified atom stereocenters. The van der Waals surface area contributed by atoms with E-state index in [2.05, 4.69) is 5.16 Å². The molecule has 1 saturated heterocycles. The van der Waals surface area contributed by atoms with Crippen molar-refractivity contribution in [3.05, 3.63) is 89.7 Å². The molecule has 1 fully saturated rings. The second kappa shape index (κ2) is 8.34. The standard InChI is InChI=1S/C26H23FN2O2/c27-22-12-9-18(10-13-22)21-8-4-5-15-29(17-21)26(30)20-11-14-24-23(16-20)25(31-28-24)19-6-2-1-3-7-19/h1-3,6-7,9-14,16,21H,4-5,8,15,17H2. The monoisotopic (exact) mass is 414 g/mol. The van der Waals surface area contributed by atoms with E-state index >= 15 is 0 Å². The Morgan fingerprint density at radius 2 is 1.81 bits per heavy atom. The summed E-state index contributed by atoms with van der Waals surface area (Å²) in [5, 5.41) is 4.99. The molecular formula is C26H23FN2O2. The molecule has 0 spiro atoms. The van der Waals surface area contributed by atoms with Gasteiger partial charge in [-0.15, -0.1) is 0 Å². The van der Waals surface area contributed by atoms with E-state index in [1.165, 1.54) is 12.1 Å². The molecule has 31 heavy (non-hydrogen) atoms. The van der Waals surface area contributed by atoms with Crippen LogP contribution >= 0.6 is 0 Å². The maximum absolute atomic E-state index is 13.4. The van der Waals surface area contributed by atoms with Crippen molar-refractivity contribution in [2.45, 2.75) is 25.2 Å². The first kappa shape index (κ1) is 19.5. The lowest BCUT2D eigenvalue weighted by molar-refractivity contribution is 0.0754. The zero-order valence-corrected chi connectivity index (χ0v) is 17.1. The lowest BCUT2D eigenvalue weighted by Crippen LogP contribution is -2.34. The molecule has 5 heteroatoms. The SMILES string of the molecule is O=C(c1ccc2noc(-c3ccccc3)c2c1)N1CCCCC(c2ccc(F)cc2)C1. The van der Waals surface area contributed by atoms with Gasteiger partial charge in [0.05, 0.1) is 5.39 Å². The van der Waals surface area contributed by atoms with Crippen LogP contribution in [0.25, 0.3) is 22.2 Å². The van der Waals surface area contributed by atoms with Crippen molar-refractivity contribution in [3.8, 4) is 11.3 Å². The summed E-state index contributed by atoms with van der Waals surface area (Å²) in [4.78, 5) is 15.3. The van der Waals surface area contributed by atoms with Crippen molar-refractivity contribution >= 4 is 16.8 Å². The van der Waals surface area contributed by atoms with Crippen LogP contribution in [0.4, 0.5) is 4.39 Å². The number of halogens is 1. The molecule has 0 radical (unpaired) electrons. The van der Waals surface area contributed by atoms with E-state index in [-0.39, 0.29) is 17.6 Å². The summed E-state index contributed by atoms with van der Waals surface area (Å²) in [6.45, 7) is 1.36. The highest BCUT2D eigenvalue weighted by Gasteiger charge is 2.25. The average Bonchev–Trinajstić information content (AvgIpc) is 3.08. The van der Waals surface area contributed by atoms with Gasteiger partial charge in [-0.2, -0.15) is 0 Å². The number of benzene rings is 3. The Kier molecular flexibility index (Phi) is 5.24.